The lowest BCUT2D eigenvalue weighted by molar-refractivity contribution is 0.0772. The normalized spacial score (nSPS) is 10.4. The molecular weight excluding hydrogens is 314 g/mol. The Balaban J connectivity index is 1.99. The summed E-state index contributed by atoms with van der Waals surface area (Å²) in [6, 6.07) is 11.0. The van der Waals surface area contributed by atoms with Crippen LogP contribution in [-0.2, 0) is 6.54 Å². The fourth-order valence-corrected chi connectivity index (χ4v) is 2.66. The van der Waals surface area contributed by atoms with Gasteiger partial charge < -0.3 is 10.2 Å². The van der Waals surface area contributed by atoms with E-state index in [0.717, 1.165) is 17.0 Å². The third-order valence-electron chi connectivity index (χ3n) is 4.17. The minimum atomic E-state index is -0.145. The molecule has 5 heteroatoms. The quantitative estimate of drug-likeness (QED) is 0.879. The number of carbonyl (C=O) groups excluding carboxylic acids is 2. The Labute approximate surface area is 149 Å². The van der Waals surface area contributed by atoms with E-state index in [1.54, 1.807) is 23.1 Å². The fraction of sp³-hybridized carbons (Fsp3) is 0.350. The van der Waals surface area contributed by atoms with Crippen molar-refractivity contribution in [3.63, 3.8) is 0 Å². The van der Waals surface area contributed by atoms with E-state index in [9.17, 15) is 9.59 Å². The van der Waals surface area contributed by atoms with Gasteiger partial charge in [-0.25, -0.2) is 0 Å². The molecule has 0 radical (unpaired) electrons. The summed E-state index contributed by atoms with van der Waals surface area (Å²) in [6.07, 6.45) is 0. The van der Waals surface area contributed by atoms with Gasteiger partial charge in [-0.3, -0.25) is 14.6 Å². The second-order valence-corrected chi connectivity index (χ2v) is 5.94. The molecule has 0 spiro atoms. The van der Waals surface area contributed by atoms with Gasteiger partial charge in [0.1, 0.15) is 0 Å². The van der Waals surface area contributed by atoms with Crippen LogP contribution in [0.15, 0.2) is 36.4 Å². The first kappa shape index (κ1) is 18.6. The maximum Gasteiger partial charge on any atom is 0.253 e. The Morgan fingerprint density at radius 1 is 1.00 bits per heavy atom. The summed E-state index contributed by atoms with van der Waals surface area (Å²) in [5, 5.41) is 2.90. The maximum absolute atomic E-state index is 12.3. The number of hydrogen-bond acceptors (Lipinski definition) is 3. The Kier molecular flexibility index (Phi) is 6.28. The predicted octanol–water partition coefficient (Wildman–Crippen LogP) is 3.11. The summed E-state index contributed by atoms with van der Waals surface area (Å²) in [7, 11) is 0. The van der Waals surface area contributed by atoms with Crippen molar-refractivity contribution in [1.29, 1.82) is 0 Å². The van der Waals surface area contributed by atoms with E-state index in [2.05, 4.69) is 10.3 Å². The smallest absolute Gasteiger partial charge is 0.253 e. The third kappa shape index (κ3) is 4.66. The highest BCUT2D eigenvalue weighted by Gasteiger charge is 2.13. The molecule has 0 fully saturated rings. The van der Waals surface area contributed by atoms with Gasteiger partial charge in [-0.15, -0.1) is 0 Å². The summed E-state index contributed by atoms with van der Waals surface area (Å²) < 4.78 is 0. The van der Waals surface area contributed by atoms with Crippen molar-refractivity contribution in [1.82, 2.24) is 15.2 Å². The first-order chi connectivity index (χ1) is 12.0. The number of pyridine rings is 1. The Morgan fingerprint density at radius 2 is 1.64 bits per heavy atom. The summed E-state index contributed by atoms with van der Waals surface area (Å²) >= 11 is 0. The summed E-state index contributed by atoms with van der Waals surface area (Å²) in [4.78, 5) is 30.7. The molecule has 1 heterocycles. The summed E-state index contributed by atoms with van der Waals surface area (Å²) in [5.41, 5.74) is 3.80. The summed E-state index contributed by atoms with van der Waals surface area (Å²) in [5.74, 6) is -0.116. The number of amides is 2. The van der Waals surface area contributed by atoms with E-state index in [1.165, 1.54) is 0 Å². The van der Waals surface area contributed by atoms with Crippen LogP contribution in [-0.4, -0.2) is 34.8 Å². The number of benzene rings is 1. The van der Waals surface area contributed by atoms with Crippen molar-refractivity contribution < 1.29 is 9.59 Å². The zero-order valence-electron chi connectivity index (χ0n) is 15.3. The molecular formula is C20H25N3O2. The van der Waals surface area contributed by atoms with Crippen LogP contribution in [0.25, 0.3) is 0 Å². The number of aromatic nitrogens is 1. The van der Waals surface area contributed by atoms with Gasteiger partial charge in [0.25, 0.3) is 11.8 Å². The van der Waals surface area contributed by atoms with Crippen molar-refractivity contribution in [2.45, 2.75) is 34.2 Å². The minimum absolute atomic E-state index is 0.0296. The lowest BCUT2D eigenvalue weighted by atomic mass is 10.1. The Morgan fingerprint density at radius 3 is 2.20 bits per heavy atom. The fourth-order valence-electron chi connectivity index (χ4n) is 2.66. The number of hydrogen-bond donors (Lipinski definition) is 1. The average molecular weight is 339 g/mol. The second-order valence-electron chi connectivity index (χ2n) is 5.94. The molecule has 1 aromatic carbocycles. The molecule has 0 aliphatic heterocycles. The topological polar surface area (TPSA) is 62.3 Å². The number of nitrogens with zero attached hydrogens (tertiary/aromatic N) is 2. The Hall–Kier alpha value is -2.69. The molecule has 25 heavy (non-hydrogen) atoms. The highest BCUT2D eigenvalue weighted by molar-refractivity contribution is 5.95. The van der Waals surface area contributed by atoms with Crippen molar-refractivity contribution in [2.24, 2.45) is 0 Å². The van der Waals surface area contributed by atoms with Gasteiger partial charge in [0.15, 0.2) is 0 Å². The SMILES string of the molecule is CCN(CC)C(=O)c1ccc(CNC(=O)c2ccc(C)nc2C)cc1. The van der Waals surface area contributed by atoms with E-state index in [1.807, 2.05) is 45.9 Å². The lowest BCUT2D eigenvalue weighted by Gasteiger charge is -2.18. The molecule has 0 saturated carbocycles. The maximum atomic E-state index is 12.3. The largest absolute Gasteiger partial charge is 0.348 e. The zero-order valence-corrected chi connectivity index (χ0v) is 15.3. The molecule has 2 amide bonds. The molecule has 1 N–H and O–H groups in total. The molecule has 132 valence electrons. The first-order valence-corrected chi connectivity index (χ1v) is 8.56. The molecule has 0 bridgehead atoms. The second kappa shape index (κ2) is 8.42. The van der Waals surface area contributed by atoms with E-state index in [4.69, 9.17) is 0 Å². The lowest BCUT2D eigenvalue weighted by Crippen LogP contribution is -2.30. The van der Waals surface area contributed by atoms with Gasteiger partial charge in [-0.2, -0.15) is 0 Å². The molecule has 0 saturated heterocycles. The number of nitrogens with one attached hydrogen (secondary N) is 1. The average Bonchev–Trinajstić information content (AvgIpc) is 2.61. The summed E-state index contributed by atoms with van der Waals surface area (Å²) in [6.45, 7) is 9.45. The number of carbonyl (C=O) groups is 2. The van der Waals surface area contributed by atoms with Crippen LogP contribution in [0.5, 0.6) is 0 Å². The van der Waals surface area contributed by atoms with Crippen molar-refractivity contribution >= 4 is 11.8 Å². The van der Waals surface area contributed by atoms with E-state index in [-0.39, 0.29) is 11.8 Å². The monoisotopic (exact) mass is 339 g/mol. The molecule has 2 rings (SSSR count). The molecule has 5 nitrogen and oxygen atoms in total. The first-order valence-electron chi connectivity index (χ1n) is 8.56. The third-order valence-corrected chi connectivity index (χ3v) is 4.17. The van der Waals surface area contributed by atoms with Crippen molar-refractivity contribution in [2.75, 3.05) is 13.1 Å². The van der Waals surface area contributed by atoms with Gasteiger partial charge in [0.05, 0.1) is 11.3 Å². The van der Waals surface area contributed by atoms with Crippen LogP contribution in [0, 0.1) is 13.8 Å². The Bertz CT molecular complexity index is 750. The molecule has 0 aliphatic rings. The van der Waals surface area contributed by atoms with Gasteiger partial charge in [0.2, 0.25) is 0 Å². The highest BCUT2D eigenvalue weighted by atomic mass is 16.2. The van der Waals surface area contributed by atoms with Crippen LogP contribution in [0.3, 0.4) is 0 Å². The van der Waals surface area contributed by atoms with Gasteiger partial charge in [-0.05, 0) is 57.5 Å². The van der Waals surface area contributed by atoms with E-state index < -0.39 is 0 Å². The van der Waals surface area contributed by atoms with Gasteiger partial charge in [-0.1, -0.05) is 12.1 Å². The molecule has 2 aromatic rings. The highest BCUT2D eigenvalue weighted by Crippen LogP contribution is 2.10. The van der Waals surface area contributed by atoms with Crippen LogP contribution in [0.1, 0.15) is 51.5 Å². The molecule has 0 unspecified atom stereocenters. The van der Waals surface area contributed by atoms with E-state index >= 15 is 0 Å². The predicted molar refractivity (Wildman–Crippen MR) is 98.6 cm³/mol. The number of rotatable bonds is 6. The molecule has 0 atom stereocenters. The van der Waals surface area contributed by atoms with Crippen molar-refractivity contribution in [3.8, 4) is 0 Å². The zero-order chi connectivity index (χ0) is 18.4. The molecule has 1 aromatic heterocycles. The molecule has 0 aliphatic carbocycles. The minimum Gasteiger partial charge on any atom is -0.348 e. The van der Waals surface area contributed by atoms with Gasteiger partial charge in [0, 0.05) is 30.9 Å². The van der Waals surface area contributed by atoms with Crippen LogP contribution in [0.4, 0.5) is 0 Å². The number of aryl methyl sites for hydroxylation is 2. The van der Waals surface area contributed by atoms with Crippen LogP contribution in [0.2, 0.25) is 0 Å². The van der Waals surface area contributed by atoms with Crippen LogP contribution >= 0.6 is 0 Å². The van der Waals surface area contributed by atoms with Crippen molar-refractivity contribution in [3.05, 3.63) is 64.5 Å². The van der Waals surface area contributed by atoms with Gasteiger partial charge >= 0.3 is 0 Å². The standard InChI is InChI=1S/C20H25N3O2/c1-5-23(6-2)20(25)17-10-8-16(9-11-17)13-21-19(24)18-12-7-14(3)22-15(18)4/h7-12H,5-6,13H2,1-4H3,(H,21,24). The van der Waals surface area contributed by atoms with E-state index in [0.29, 0.717) is 30.8 Å². The van der Waals surface area contributed by atoms with Crippen LogP contribution < -0.4 is 5.32 Å².